The van der Waals surface area contributed by atoms with Crippen LogP contribution in [0, 0.1) is 0 Å². The first-order valence-electron chi connectivity index (χ1n) is 4.24. The molecule has 0 saturated heterocycles. The third kappa shape index (κ3) is 2.87. The minimum Gasteiger partial charge on any atom is -0.363 e. The lowest BCUT2D eigenvalue weighted by Gasteiger charge is -2.11. The molecule has 1 heterocycles. The van der Waals surface area contributed by atoms with E-state index in [9.17, 15) is 4.79 Å². The zero-order valence-corrected chi connectivity index (χ0v) is 7.58. The van der Waals surface area contributed by atoms with E-state index in [0.717, 1.165) is 6.42 Å². The molecule has 1 rings (SSSR count). The monoisotopic (exact) mass is 182 g/mol. The van der Waals surface area contributed by atoms with Crippen molar-refractivity contribution in [3.8, 4) is 0 Å². The molecule has 72 valence electrons. The lowest BCUT2D eigenvalue weighted by atomic mass is 10.2. The van der Waals surface area contributed by atoms with Crippen LogP contribution in [0.15, 0.2) is 17.2 Å². The summed E-state index contributed by atoms with van der Waals surface area (Å²) in [6.07, 6.45) is 3.86. The fraction of sp³-hybridized carbons (Fsp3) is 0.500. The summed E-state index contributed by atoms with van der Waals surface area (Å²) >= 11 is 0. The topological polar surface area (TPSA) is 83.8 Å². The Morgan fingerprint density at radius 3 is 3.15 bits per heavy atom. The van der Waals surface area contributed by atoms with Crippen LogP contribution in [0.5, 0.6) is 0 Å². The van der Waals surface area contributed by atoms with E-state index < -0.39 is 0 Å². The molecular weight excluding hydrogens is 168 g/mol. The Kier molecular flexibility index (Phi) is 3.45. The second-order valence-corrected chi connectivity index (χ2v) is 2.89. The second kappa shape index (κ2) is 4.61. The molecule has 0 radical (unpaired) electrons. The fourth-order valence-electron chi connectivity index (χ4n) is 1.01. The quantitative estimate of drug-likeness (QED) is 0.608. The number of nitrogens with one attached hydrogen (secondary N) is 2. The van der Waals surface area contributed by atoms with E-state index in [0.29, 0.717) is 12.4 Å². The Hall–Kier alpha value is -1.36. The minimum atomic E-state index is -0.202. The Bertz CT molecular complexity index is 309. The van der Waals surface area contributed by atoms with Crippen LogP contribution in [0.4, 0.5) is 5.82 Å². The number of aromatic nitrogens is 2. The normalized spacial score (nSPS) is 12.5. The zero-order chi connectivity index (χ0) is 9.68. The lowest BCUT2D eigenvalue weighted by molar-refractivity contribution is 0.711. The molecule has 0 fully saturated rings. The van der Waals surface area contributed by atoms with Crippen LogP contribution in [0.3, 0.4) is 0 Å². The molecule has 0 bridgehead atoms. The molecule has 0 aliphatic carbocycles. The molecule has 5 nitrogen and oxygen atoms in total. The summed E-state index contributed by atoms with van der Waals surface area (Å²) in [4.78, 5) is 17.6. The number of aromatic amines is 1. The van der Waals surface area contributed by atoms with Crippen molar-refractivity contribution in [3.05, 3.63) is 22.7 Å². The predicted molar refractivity (Wildman–Crippen MR) is 51.6 cm³/mol. The maximum Gasteiger partial charge on any atom is 0.290 e. The van der Waals surface area contributed by atoms with Gasteiger partial charge < -0.3 is 16.0 Å². The van der Waals surface area contributed by atoms with E-state index in [4.69, 9.17) is 5.73 Å². The van der Waals surface area contributed by atoms with Crippen LogP contribution >= 0.6 is 0 Å². The smallest absolute Gasteiger partial charge is 0.290 e. The van der Waals surface area contributed by atoms with Crippen LogP contribution in [0.1, 0.15) is 13.3 Å². The maximum atomic E-state index is 11.1. The van der Waals surface area contributed by atoms with Gasteiger partial charge in [0, 0.05) is 18.4 Å². The molecule has 0 saturated carbocycles. The SMILES string of the molecule is CC(CCN)Nc1ncc[nH]c1=O. The molecule has 5 heteroatoms. The van der Waals surface area contributed by atoms with Gasteiger partial charge in [-0.3, -0.25) is 4.79 Å². The summed E-state index contributed by atoms with van der Waals surface area (Å²) in [5, 5.41) is 2.98. The van der Waals surface area contributed by atoms with Gasteiger partial charge in [-0.05, 0) is 19.9 Å². The van der Waals surface area contributed by atoms with Crippen molar-refractivity contribution < 1.29 is 0 Å². The average molecular weight is 182 g/mol. The Morgan fingerprint density at radius 1 is 1.77 bits per heavy atom. The highest BCUT2D eigenvalue weighted by Gasteiger charge is 2.03. The second-order valence-electron chi connectivity index (χ2n) is 2.89. The van der Waals surface area contributed by atoms with Crippen LogP contribution in [0.2, 0.25) is 0 Å². The van der Waals surface area contributed by atoms with Crippen molar-refractivity contribution in [3.63, 3.8) is 0 Å². The minimum absolute atomic E-state index is 0.168. The number of hydrogen-bond donors (Lipinski definition) is 3. The molecule has 1 unspecified atom stereocenters. The van der Waals surface area contributed by atoms with Crippen molar-refractivity contribution in [1.29, 1.82) is 0 Å². The number of rotatable bonds is 4. The number of hydrogen-bond acceptors (Lipinski definition) is 4. The van der Waals surface area contributed by atoms with Gasteiger partial charge in [0.15, 0.2) is 5.82 Å². The van der Waals surface area contributed by atoms with Gasteiger partial charge in [-0.25, -0.2) is 4.98 Å². The molecule has 0 spiro atoms. The van der Waals surface area contributed by atoms with Gasteiger partial charge in [-0.1, -0.05) is 0 Å². The van der Waals surface area contributed by atoms with E-state index in [2.05, 4.69) is 15.3 Å². The Morgan fingerprint density at radius 2 is 2.54 bits per heavy atom. The number of nitrogens with two attached hydrogens (primary N) is 1. The average Bonchev–Trinajstić information content (AvgIpc) is 2.09. The third-order valence-electron chi connectivity index (χ3n) is 1.69. The van der Waals surface area contributed by atoms with Crippen LogP contribution in [-0.2, 0) is 0 Å². The van der Waals surface area contributed by atoms with Gasteiger partial charge in [-0.2, -0.15) is 0 Å². The standard InChI is InChI=1S/C8H14N4O/c1-6(2-3-9)12-7-8(13)11-5-4-10-7/h4-6H,2-3,9H2,1H3,(H,10,12)(H,11,13). The molecule has 1 aromatic heterocycles. The largest absolute Gasteiger partial charge is 0.363 e. The van der Waals surface area contributed by atoms with Crippen LogP contribution < -0.4 is 16.6 Å². The highest BCUT2D eigenvalue weighted by atomic mass is 16.1. The third-order valence-corrected chi connectivity index (χ3v) is 1.69. The lowest BCUT2D eigenvalue weighted by Crippen LogP contribution is -2.24. The zero-order valence-electron chi connectivity index (χ0n) is 7.58. The van der Waals surface area contributed by atoms with Crippen molar-refractivity contribution in [2.45, 2.75) is 19.4 Å². The maximum absolute atomic E-state index is 11.1. The highest BCUT2D eigenvalue weighted by molar-refractivity contribution is 5.31. The summed E-state index contributed by atoms with van der Waals surface area (Å²) in [5.41, 5.74) is 5.17. The predicted octanol–water partition coefficient (Wildman–Crippen LogP) is -0.0809. The molecule has 13 heavy (non-hydrogen) atoms. The fourth-order valence-corrected chi connectivity index (χ4v) is 1.01. The molecule has 1 aromatic rings. The van der Waals surface area contributed by atoms with Gasteiger partial charge in [0.05, 0.1) is 0 Å². The van der Waals surface area contributed by atoms with Crippen molar-refractivity contribution in [1.82, 2.24) is 9.97 Å². The van der Waals surface area contributed by atoms with Crippen molar-refractivity contribution in [2.75, 3.05) is 11.9 Å². The molecule has 0 aliphatic rings. The summed E-state index contributed by atoms with van der Waals surface area (Å²) in [6, 6.07) is 0.168. The van der Waals surface area contributed by atoms with Gasteiger partial charge in [0.2, 0.25) is 0 Å². The van der Waals surface area contributed by atoms with Crippen LogP contribution in [-0.4, -0.2) is 22.6 Å². The first kappa shape index (κ1) is 9.73. The van der Waals surface area contributed by atoms with E-state index >= 15 is 0 Å². The first-order valence-corrected chi connectivity index (χ1v) is 4.24. The molecule has 0 amide bonds. The van der Waals surface area contributed by atoms with Gasteiger partial charge in [0.1, 0.15) is 0 Å². The molecular formula is C8H14N4O. The Labute approximate surface area is 76.4 Å². The van der Waals surface area contributed by atoms with Crippen LogP contribution in [0.25, 0.3) is 0 Å². The first-order chi connectivity index (χ1) is 6.24. The molecule has 4 N–H and O–H groups in total. The van der Waals surface area contributed by atoms with E-state index in [1.165, 1.54) is 6.20 Å². The summed E-state index contributed by atoms with van der Waals surface area (Å²) in [7, 11) is 0. The molecule has 1 atom stereocenters. The summed E-state index contributed by atoms with van der Waals surface area (Å²) in [5.74, 6) is 0.350. The van der Waals surface area contributed by atoms with Gasteiger partial charge in [0.25, 0.3) is 5.56 Å². The van der Waals surface area contributed by atoms with E-state index in [1.807, 2.05) is 6.92 Å². The number of anilines is 1. The molecule has 0 aliphatic heterocycles. The van der Waals surface area contributed by atoms with E-state index in [1.54, 1.807) is 6.20 Å². The van der Waals surface area contributed by atoms with E-state index in [-0.39, 0.29) is 11.6 Å². The number of H-pyrrole nitrogens is 1. The number of nitrogens with zero attached hydrogens (tertiary/aromatic N) is 1. The Balaban J connectivity index is 2.63. The van der Waals surface area contributed by atoms with Crippen molar-refractivity contribution >= 4 is 5.82 Å². The summed E-state index contributed by atoms with van der Waals surface area (Å²) in [6.45, 7) is 2.56. The van der Waals surface area contributed by atoms with Gasteiger partial charge >= 0.3 is 0 Å². The summed E-state index contributed by atoms with van der Waals surface area (Å²) < 4.78 is 0. The highest BCUT2D eigenvalue weighted by Crippen LogP contribution is 1.97. The molecule has 0 aromatic carbocycles. The van der Waals surface area contributed by atoms with Crippen molar-refractivity contribution in [2.24, 2.45) is 5.73 Å². The van der Waals surface area contributed by atoms with Gasteiger partial charge in [-0.15, -0.1) is 0 Å².